The van der Waals surface area contributed by atoms with E-state index in [2.05, 4.69) is 20.3 Å². The predicted octanol–water partition coefficient (Wildman–Crippen LogP) is 2.14. The van der Waals surface area contributed by atoms with Crippen molar-refractivity contribution in [3.8, 4) is 0 Å². The predicted molar refractivity (Wildman–Crippen MR) is 58.6 cm³/mol. The number of pyridine rings is 1. The van der Waals surface area contributed by atoms with Gasteiger partial charge < -0.3 is 5.32 Å². The molecule has 5 heteroatoms. The van der Waals surface area contributed by atoms with Crippen LogP contribution in [0.5, 0.6) is 0 Å². The Labute approximate surface area is 92.4 Å². The summed E-state index contributed by atoms with van der Waals surface area (Å²) in [5, 5.41) is 3.65. The van der Waals surface area contributed by atoms with E-state index in [1.165, 1.54) is 0 Å². The number of nitrogens with zero attached hydrogens (tertiary/aromatic N) is 3. The highest BCUT2D eigenvalue weighted by molar-refractivity contribution is 6.29. The number of rotatable bonds is 3. The monoisotopic (exact) mass is 220 g/mol. The van der Waals surface area contributed by atoms with Crippen molar-refractivity contribution in [3.05, 3.63) is 47.8 Å². The van der Waals surface area contributed by atoms with E-state index in [-0.39, 0.29) is 0 Å². The van der Waals surface area contributed by atoms with Crippen molar-refractivity contribution in [3.63, 3.8) is 0 Å². The summed E-state index contributed by atoms with van der Waals surface area (Å²) in [6.45, 7) is 0.622. The molecule has 0 amide bonds. The van der Waals surface area contributed by atoms with Gasteiger partial charge in [0, 0.05) is 12.4 Å². The molecule has 0 spiro atoms. The van der Waals surface area contributed by atoms with E-state index in [1.807, 2.05) is 6.07 Å². The Hall–Kier alpha value is -1.68. The van der Waals surface area contributed by atoms with E-state index in [0.717, 1.165) is 11.4 Å². The Morgan fingerprint density at radius 2 is 2.07 bits per heavy atom. The molecule has 0 aliphatic carbocycles. The van der Waals surface area contributed by atoms with Crippen LogP contribution in [0.2, 0.25) is 5.15 Å². The van der Waals surface area contributed by atoms with Gasteiger partial charge in [0.1, 0.15) is 5.15 Å². The number of nitrogens with one attached hydrogen (secondary N) is 1. The molecular formula is C10H9ClN4. The lowest BCUT2D eigenvalue weighted by molar-refractivity contribution is 1.01. The molecule has 2 rings (SSSR count). The van der Waals surface area contributed by atoms with Crippen LogP contribution < -0.4 is 5.32 Å². The molecule has 0 unspecified atom stereocenters. The number of anilines is 1. The molecular weight excluding hydrogens is 212 g/mol. The highest BCUT2D eigenvalue weighted by atomic mass is 35.5. The SMILES string of the molecule is Clc1ccc(NCc2cnccn2)cn1. The molecule has 0 bridgehead atoms. The number of hydrogen-bond acceptors (Lipinski definition) is 4. The van der Waals surface area contributed by atoms with Gasteiger partial charge in [-0.3, -0.25) is 9.97 Å². The van der Waals surface area contributed by atoms with Gasteiger partial charge in [-0.25, -0.2) is 4.98 Å². The standard InChI is InChI=1S/C10H9ClN4/c11-10-2-1-8(6-15-10)14-7-9-5-12-3-4-13-9/h1-6,14H,7H2. The minimum Gasteiger partial charge on any atom is -0.378 e. The Kier molecular flexibility index (Phi) is 3.09. The van der Waals surface area contributed by atoms with Crippen LogP contribution in [0.1, 0.15) is 5.69 Å². The van der Waals surface area contributed by atoms with Crippen LogP contribution in [0.3, 0.4) is 0 Å². The average molecular weight is 221 g/mol. The van der Waals surface area contributed by atoms with E-state index >= 15 is 0 Å². The molecule has 2 heterocycles. The van der Waals surface area contributed by atoms with Crippen LogP contribution in [0.15, 0.2) is 36.9 Å². The van der Waals surface area contributed by atoms with Crippen LogP contribution in [-0.2, 0) is 6.54 Å². The number of halogens is 1. The maximum Gasteiger partial charge on any atom is 0.129 e. The zero-order valence-corrected chi connectivity index (χ0v) is 8.65. The Morgan fingerprint density at radius 3 is 2.73 bits per heavy atom. The Bertz CT molecular complexity index is 415. The molecule has 0 radical (unpaired) electrons. The normalized spacial score (nSPS) is 9.93. The first kappa shape index (κ1) is 9.86. The van der Waals surface area contributed by atoms with Crippen LogP contribution >= 0.6 is 11.6 Å². The lowest BCUT2D eigenvalue weighted by Gasteiger charge is -2.04. The molecule has 2 aromatic heterocycles. The molecule has 2 aromatic rings. The van der Waals surface area contributed by atoms with Crippen molar-refractivity contribution in [2.24, 2.45) is 0 Å². The maximum atomic E-state index is 5.67. The number of aromatic nitrogens is 3. The molecule has 15 heavy (non-hydrogen) atoms. The first-order valence-corrected chi connectivity index (χ1v) is 4.83. The summed E-state index contributed by atoms with van der Waals surface area (Å²) >= 11 is 5.67. The first-order valence-electron chi connectivity index (χ1n) is 4.45. The second-order valence-corrected chi connectivity index (χ2v) is 3.31. The zero-order chi connectivity index (χ0) is 10.5. The fourth-order valence-corrected chi connectivity index (χ4v) is 1.21. The van der Waals surface area contributed by atoms with Crippen molar-refractivity contribution in [2.75, 3.05) is 5.32 Å². The van der Waals surface area contributed by atoms with Gasteiger partial charge in [0.05, 0.1) is 30.3 Å². The molecule has 0 aliphatic rings. The second kappa shape index (κ2) is 4.70. The molecule has 0 saturated heterocycles. The molecule has 1 N–H and O–H groups in total. The number of hydrogen-bond donors (Lipinski definition) is 1. The fourth-order valence-electron chi connectivity index (χ4n) is 1.09. The van der Waals surface area contributed by atoms with Gasteiger partial charge >= 0.3 is 0 Å². The zero-order valence-electron chi connectivity index (χ0n) is 7.89. The smallest absolute Gasteiger partial charge is 0.129 e. The Balaban J connectivity index is 1.96. The third-order valence-corrected chi connectivity index (χ3v) is 2.04. The summed E-state index contributed by atoms with van der Waals surface area (Å²) in [6, 6.07) is 3.60. The van der Waals surface area contributed by atoms with Crippen LogP contribution in [0.25, 0.3) is 0 Å². The van der Waals surface area contributed by atoms with Gasteiger partial charge in [0.15, 0.2) is 0 Å². The Morgan fingerprint density at radius 1 is 1.13 bits per heavy atom. The largest absolute Gasteiger partial charge is 0.378 e. The highest BCUT2D eigenvalue weighted by Crippen LogP contribution is 2.10. The van der Waals surface area contributed by atoms with E-state index in [1.54, 1.807) is 30.9 Å². The van der Waals surface area contributed by atoms with Crippen molar-refractivity contribution >= 4 is 17.3 Å². The van der Waals surface area contributed by atoms with Gasteiger partial charge in [-0.15, -0.1) is 0 Å². The quantitative estimate of drug-likeness (QED) is 0.806. The summed E-state index contributed by atoms with van der Waals surface area (Å²) < 4.78 is 0. The van der Waals surface area contributed by atoms with E-state index in [9.17, 15) is 0 Å². The molecule has 0 aliphatic heterocycles. The minimum atomic E-state index is 0.486. The topological polar surface area (TPSA) is 50.7 Å². The van der Waals surface area contributed by atoms with Gasteiger partial charge in [-0.1, -0.05) is 11.6 Å². The summed E-state index contributed by atoms with van der Waals surface area (Å²) in [6.07, 6.45) is 6.71. The van der Waals surface area contributed by atoms with E-state index < -0.39 is 0 Å². The van der Waals surface area contributed by atoms with Gasteiger partial charge in [0.2, 0.25) is 0 Å². The van der Waals surface area contributed by atoms with Crippen molar-refractivity contribution in [1.29, 1.82) is 0 Å². The van der Waals surface area contributed by atoms with Crippen LogP contribution in [-0.4, -0.2) is 15.0 Å². The molecule has 0 aromatic carbocycles. The molecule has 0 saturated carbocycles. The molecule has 4 nitrogen and oxygen atoms in total. The van der Waals surface area contributed by atoms with Gasteiger partial charge in [-0.05, 0) is 12.1 Å². The summed E-state index contributed by atoms with van der Waals surface area (Å²) in [4.78, 5) is 12.1. The third kappa shape index (κ3) is 2.89. The van der Waals surface area contributed by atoms with Gasteiger partial charge in [0.25, 0.3) is 0 Å². The van der Waals surface area contributed by atoms with E-state index in [4.69, 9.17) is 11.6 Å². The van der Waals surface area contributed by atoms with E-state index in [0.29, 0.717) is 11.7 Å². The molecule has 0 atom stereocenters. The molecule has 76 valence electrons. The van der Waals surface area contributed by atoms with Crippen molar-refractivity contribution < 1.29 is 0 Å². The summed E-state index contributed by atoms with van der Waals surface area (Å²) in [5.74, 6) is 0. The average Bonchev–Trinajstić information content (AvgIpc) is 2.30. The first-order chi connectivity index (χ1) is 7.34. The second-order valence-electron chi connectivity index (χ2n) is 2.92. The lowest BCUT2D eigenvalue weighted by atomic mass is 10.4. The lowest BCUT2D eigenvalue weighted by Crippen LogP contribution is -2.01. The van der Waals surface area contributed by atoms with Gasteiger partial charge in [-0.2, -0.15) is 0 Å². The maximum absolute atomic E-state index is 5.67. The van der Waals surface area contributed by atoms with Crippen LogP contribution in [0.4, 0.5) is 5.69 Å². The highest BCUT2D eigenvalue weighted by Gasteiger charge is 1.95. The molecule has 0 fully saturated rings. The summed E-state index contributed by atoms with van der Waals surface area (Å²) in [7, 11) is 0. The van der Waals surface area contributed by atoms with Crippen molar-refractivity contribution in [2.45, 2.75) is 6.54 Å². The fraction of sp³-hybridized carbons (Fsp3) is 0.100. The minimum absolute atomic E-state index is 0.486. The van der Waals surface area contributed by atoms with Crippen molar-refractivity contribution in [1.82, 2.24) is 15.0 Å². The third-order valence-electron chi connectivity index (χ3n) is 1.82. The summed E-state index contributed by atoms with van der Waals surface area (Å²) in [5.41, 5.74) is 1.79. The van der Waals surface area contributed by atoms with Crippen LogP contribution in [0, 0.1) is 0 Å².